The van der Waals surface area contributed by atoms with Gasteiger partial charge in [0, 0.05) is 11.4 Å². The largest absolute Gasteiger partial charge is 0.355 e. The summed E-state index contributed by atoms with van der Waals surface area (Å²) in [5.41, 5.74) is 0. The minimum absolute atomic E-state index is 0.0378. The maximum atomic E-state index is 12.0. The van der Waals surface area contributed by atoms with Crippen LogP contribution < -0.4 is 5.32 Å². The van der Waals surface area contributed by atoms with E-state index in [1.54, 1.807) is 11.8 Å². The predicted octanol–water partition coefficient (Wildman–Crippen LogP) is 2.77. The summed E-state index contributed by atoms with van der Waals surface area (Å²) in [6, 6.07) is 10.1. The normalized spacial score (nSPS) is 17.1. The first-order valence-electron chi connectivity index (χ1n) is 7.47. The van der Waals surface area contributed by atoms with E-state index >= 15 is 0 Å². The third-order valence-corrected chi connectivity index (χ3v) is 4.69. The molecule has 3 nitrogen and oxygen atoms in total. The van der Waals surface area contributed by atoms with Crippen molar-refractivity contribution < 1.29 is 4.79 Å². The molecule has 1 heterocycles. The van der Waals surface area contributed by atoms with E-state index in [1.807, 2.05) is 37.3 Å². The zero-order valence-corrected chi connectivity index (χ0v) is 13.0. The molecule has 20 heavy (non-hydrogen) atoms. The van der Waals surface area contributed by atoms with Crippen LogP contribution in [0.4, 0.5) is 0 Å². The molecule has 0 aromatic heterocycles. The molecule has 1 aliphatic heterocycles. The molecule has 1 saturated heterocycles. The molecule has 1 aromatic rings. The van der Waals surface area contributed by atoms with E-state index in [9.17, 15) is 4.79 Å². The Morgan fingerprint density at radius 2 is 2.00 bits per heavy atom. The number of carbonyl (C=O) groups is 1. The fourth-order valence-electron chi connectivity index (χ4n) is 2.42. The van der Waals surface area contributed by atoms with Crippen LogP contribution in [0.15, 0.2) is 35.2 Å². The van der Waals surface area contributed by atoms with Crippen molar-refractivity contribution in [3.05, 3.63) is 30.3 Å². The molecule has 0 spiro atoms. The van der Waals surface area contributed by atoms with Crippen LogP contribution >= 0.6 is 11.8 Å². The number of nitrogens with zero attached hydrogens (tertiary/aromatic N) is 1. The van der Waals surface area contributed by atoms with Crippen LogP contribution in [-0.2, 0) is 4.79 Å². The van der Waals surface area contributed by atoms with Crippen molar-refractivity contribution in [3.8, 4) is 0 Å². The van der Waals surface area contributed by atoms with Crippen molar-refractivity contribution in [1.82, 2.24) is 10.2 Å². The molecule has 0 saturated carbocycles. The fourth-order valence-corrected chi connectivity index (χ4v) is 3.33. The van der Waals surface area contributed by atoms with Crippen LogP contribution in [0.3, 0.4) is 0 Å². The average Bonchev–Trinajstić information content (AvgIpc) is 2.97. The van der Waals surface area contributed by atoms with Gasteiger partial charge in [-0.25, -0.2) is 0 Å². The predicted molar refractivity (Wildman–Crippen MR) is 85.1 cm³/mol. The van der Waals surface area contributed by atoms with Gasteiger partial charge < -0.3 is 10.2 Å². The Morgan fingerprint density at radius 3 is 2.70 bits per heavy atom. The number of benzene rings is 1. The van der Waals surface area contributed by atoms with E-state index in [-0.39, 0.29) is 11.2 Å². The Bertz CT molecular complexity index is 404. The van der Waals surface area contributed by atoms with Crippen LogP contribution in [-0.4, -0.2) is 42.2 Å². The lowest BCUT2D eigenvalue weighted by molar-refractivity contribution is -0.120. The molecule has 1 unspecified atom stereocenters. The van der Waals surface area contributed by atoms with E-state index in [0.717, 1.165) is 24.4 Å². The molecule has 1 amide bonds. The summed E-state index contributed by atoms with van der Waals surface area (Å²) < 4.78 is 0. The number of thioether (sulfide) groups is 1. The van der Waals surface area contributed by atoms with Gasteiger partial charge in [-0.15, -0.1) is 11.8 Å². The van der Waals surface area contributed by atoms with Gasteiger partial charge in [-0.2, -0.15) is 0 Å². The number of hydrogen-bond acceptors (Lipinski definition) is 3. The van der Waals surface area contributed by atoms with E-state index in [2.05, 4.69) is 10.2 Å². The summed E-state index contributed by atoms with van der Waals surface area (Å²) in [5.74, 6) is 0.139. The molecular weight excluding hydrogens is 268 g/mol. The van der Waals surface area contributed by atoms with Gasteiger partial charge in [0.2, 0.25) is 5.91 Å². The van der Waals surface area contributed by atoms with Gasteiger partial charge in [0.25, 0.3) is 0 Å². The second-order valence-corrected chi connectivity index (χ2v) is 6.68. The smallest absolute Gasteiger partial charge is 0.233 e. The van der Waals surface area contributed by atoms with Crippen LogP contribution in [0.25, 0.3) is 0 Å². The Kier molecular flexibility index (Phi) is 6.40. The summed E-state index contributed by atoms with van der Waals surface area (Å²) in [6.07, 6.45) is 3.71. The standard InChI is InChI=1S/C16H24N2OS/c1-14(20-15-8-3-2-4-9-15)16(19)17-10-7-13-18-11-5-6-12-18/h2-4,8-9,14H,5-7,10-13H2,1H3,(H,17,19). The Hall–Kier alpha value is -1.00. The molecule has 0 aliphatic carbocycles. The van der Waals surface area contributed by atoms with Crippen molar-refractivity contribution in [2.75, 3.05) is 26.2 Å². The van der Waals surface area contributed by atoms with Crippen molar-refractivity contribution in [3.63, 3.8) is 0 Å². The zero-order chi connectivity index (χ0) is 14.2. The highest BCUT2D eigenvalue weighted by molar-refractivity contribution is 8.00. The first-order valence-corrected chi connectivity index (χ1v) is 8.35. The van der Waals surface area contributed by atoms with Gasteiger partial charge in [0.1, 0.15) is 0 Å². The van der Waals surface area contributed by atoms with Crippen molar-refractivity contribution in [1.29, 1.82) is 0 Å². The monoisotopic (exact) mass is 292 g/mol. The number of rotatable bonds is 7. The first-order chi connectivity index (χ1) is 9.75. The minimum atomic E-state index is -0.0378. The lowest BCUT2D eigenvalue weighted by Crippen LogP contribution is -2.33. The highest BCUT2D eigenvalue weighted by Crippen LogP contribution is 2.22. The highest BCUT2D eigenvalue weighted by atomic mass is 32.2. The van der Waals surface area contributed by atoms with Gasteiger partial charge >= 0.3 is 0 Å². The number of carbonyl (C=O) groups excluding carboxylic acids is 1. The Morgan fingerprint density at radius 1 is 1.30 bits per heavy atom. The topological polar surface area (TPSA) is 32.3 Å². The third-order valence-electron chi connectivity index (χ3n) is 3.57. The van der Waals surface area contributed by atoms with Gasteiger partial charge in [-0.05, 0) is 58.0 Å². The van der Waals surface area contributed by atoms with Crippen LogP contribution in [0.1, 0.15) is 26.2 Å². The van der Waals surface area contributed by atoms with E-state index in [0.29, 0.717) is 0 Å². The molecule has 2 rings (SSSR count). The molecule has 0 bridgehead atoms. The molecule has 1 N–H and O–H groups in total. The van der Waals surface area contributed by atoms with Gasteiger partial charge in [0.05, 0.1) is 5.25 Å². The lowest BCUT2D eigenvalue weighted by Gasteiger charge is -2.15. The second-order valence-electron chi connectivity index (χ2n) is 5.27. The molecule has 0 radical (unpaired) electrons. The highest BCUT2D eigenvalue weighted by Gasteiger charge is 2.14. The molecule has 1 atom stereocenters. The molecule has 110 valence electrons. The molecule has 4 heteroatoms. The van der Waals surface area contributed by atoms with Crippen molar-refractivity contribution >= 4 is 17.7 Å². The van der Waals surface area contributed by atoms with Gasteiger partial charge in [-0.3, -0.25) is 4.79 Å². The first kappa shape index (κ1) is 15.4. The number of amides is 1. The number of nitrogens with one attached hydrogen (secondary N) is 1. The molecule has 1 fully saturated rings. The quantitative estimate of drug-likeness (QED) is 0.619. The molecule has 1 aliphatic rings. The van der Waals surface area contributed by atoms with Gasteiger partial charge in [0.15, 0.2) is 0 Å². The summed E-state index contributed by atoms with van der Waals surface area (Å²) in [4.78, 5) is 15.6. The summed E-state index contributed by atoms with van der Waals surface area (Å²) in [7, 11) is 0. The molecule has 1 aromatic carbocycles. The Balaban J connectivity index is 1.61. The van der Waals surface area contributed by atoms with Crippen molar-refractivity contribution in [2.24, 2.45) is 0 Å². The fraction of sp³-hybridized carbons (Fsp3) is 0.562. The summed E-state index contributed by atoms with van der Waals surface area (Å²) in [5, 5.41) is 3.00. The third kappa shape index (κ3) is 5.17. The van der Waals surface area contributed by atoms with E-state index in [4.69, 9.17) is 0 Å². The van der Waals surface area contributed by atoms with Crippen LogP contribution in [0.5, 0.6) is 0 Å². The maximum Gasteiger partial charge on any atom is 0.233 e. The second kappa shape index (κ2) is 8.32. The van der Waals surface area contributed by atoms with Crippen LogP contribution in [0, 0.1) is 0 Å². The van der Waals surface area contributed by atoms with Crippen LogP contribution in [0.2, 0.25) is 0 Å². The minimum Gasteiger partial charge on any atom is -0.355 e. The van der Waals surface area contributed by atoms with E-state index < -0.39 is 0 Å². The summed E-state index contributed by atoms with van der Waals surface area (Å²) >= 11 is 1.61. The zero-order valence-electron chi connectivity index (χ0n) is 12.2. The van der Waals surface area contributed by atoms with Crippen molar-refractivity contribution in [2.45, 2.75) is 36.3 Å². The number of hydrogen-bond donors (Lipinski definition) is 1. The maximum absolute atomic E-state index is 12.0. The van der Waals surface area contributed by atoms with Gasteiger partial charge in [-0.1, -0.05) is 18.2 Å². The lowest BCUT2D eigenvalue weighted by atomic mass is 10.3. The number of likely N-dealkylation sites (tertiary alicyclic amines) is 1. The average molecular weight is 292 g/mol. The molecular formula is C16H24N2OS. The SMILES string of the molecule is CC(Sc1ccccc1)C(=O)NCCCN1CCCC1. The summed E-state index contributed by atoms with van der Waals surface area (Å²) in [6.45, 7) is 6.32. The van der Waals surface area contributed by atoms with E-state index in [1.165, 1.54) is 25.9 Å². The Labute approximate surface area is 126 Å².